The van der Waals surface area contributed by atoms with E-state index >= 15 is 0 Å². The molecule has 0 saturated carbocycles. The number of aliphatic carboxylic acids is 1. The maximum absolute atomic E-state index is 9.25. The van der Waals surface area contributed by atoms with Crippen molar-refractivity contribution >= 4 is 15.1 Å². The molecule has 0 atom stereocenters. The van der Waals surface area contributed by atoms with Crippen molar-refractivity contribution in [2.75, 3.05) is 0 Å². The van der Waals surface area contributed by atoms with Gasteiger partial charge < -0.3 is 5.11 Å². The molecule has 11 heavy (non-hydrogen) atoms. The minimum atomic E-state index is -0.981. The molecule has 0 unspecified atom stereocenters. The van der Waals surface area contributed by atoms with Crippen LogP contribution in [0.4, 0.5) is 0 Å². The Kier molecular flexibility index (Phi) is 6.12. The van der Waals surface area contributed by atoms with Crippen LogP contribution in [0.2, 0.25) is 0 Å². The van der Waals surface area contributed by atoms with Gasteiger partial charge in [0.1, 0.15) is 0 Å². The van der Waals surface area contributed by atoms with Crippen molar-refractivity contribution in [3.63, 3.8) is 0 Å². The summed E-state index contributed by atoms with van der Waals surface area (Å²) in [5.41, 5.74) is 4.42. The number of carboxylic acids is 1. The van der Waals surface area contributed by atoms with Gasteiger partial charge in [-0.25, -0.2) is 4.79 Å². The largest absolute Gasteiger partial charge is 0.478 e. The molecule has 1 rings (SSSR count). The molecular formula is C8H10O2Si. The molecule has 0 aliphatic carbocycles. The Labute approximate surface area is 67.9 Å². The summed E-state index contributed by atoms with van der Waals surface area (Å²) in [7, 11) is 0.513. The predicted octanol–water partition coefficient (Wildman–Crippen LogP) is 1.01. The molecule has 0 radical (unpaired) electrons. The number of hydrogen-bond acceptors (Lipinski definition) is 1. The Morgan fingerprint density at radius 3 is 1.91 bits per heavy atom. The van der Waals surface area contributed by atoms with E-state index in [-0.39, 0.29) is 0 Å². The van der Waals surface area contributed by atoms with Crippen LogP contribution in [0.5, 0.6) is 0 Å². The van der Waals surface area contributed by atoms with E-state index in [1.165, 1.54) is 0 Å². The van der Waals surface area contributed by atoms with Gasteiger partial charge in [-0.05, 0) is 0 Å². The molecule has 3 heteroatoms. The molecule has 0 fully saturated rings. The first-order valence-electron chi connectivity index (χ1n) is 3.12. The summed E-state index contributed by atoms with van der Waals surface area (Å²) < 4.78 is 0. The average molecular weight is 166 g/mol. The maximum atomic E-state index is 9.25. The molecule has 1 aromatic rings. The van der Waals surface area contributed by atoms with Crippen molar-refractivity contribution in [2.24, 2.45) is 0 Å². The summed E-state index contributed by atoms with van der Waals surface area (Å²) in [6.45, 7) is 2.96. The van der Waals surface area contributed by atoms with Crippen LogP contribution in [0, 0.1) is 0 Å². The van der Waals surface area contributed by atoms with Gasteiger partial charge >= 0.3 is 5.97 Å². The summed E-state index contributed by atoms with van der Waals surface area (Å²) >= 11 is 0. The Hall–Kier alpha value is -1.22. The van der Waals surface area contributed by atoms with E-state index in [1.807, 2.05) is 0 Å². The number of carboxylic acid groups (broad SMARTS) is 1. The van der Waals surface area contributed by atoms with Gasteiger partial charge in [-0.3, -0.25) is 0 Å². The molecule has 1 N–H and O–H groups in total. The number of hydrogen-bond donors (Lipinski definition) is 1. The zero-order chi connectivity index (χ0) is 8.53. The van der Waals surface area contributed by atoms with Crippen molar-refractivity contribution in [3.05, 3.63) is 42.2 Å². The lowest BCUT2D eigenvalue weighted by Gasteiger charge is -1.69. The summed E-state index contributed by atoms with van der Waals surface area (Å²) in [5, 5.41) is 7.60. The van der Waals surface area contributed by atoms with Crippen LogP contribution in [-0.2, 0) is 4.79 Å². The van der Waals surface area contributed by atoms with Gasteiger partial charge in [0.2, 0.25) is 0 Å². The van der Waals surface area contributed by atoms with Crippen LogP contribution in [0.1, 0.15) is 0 Å². The summed E-state index contributed by atoms with van der Waals surface area (Å²) in [6, 6.07) is 6.24. The molecule has 0 aliphatic rings. The second kappa shape index (κ2) is 6.89. The first kappa shape index (κ1) is 9.78. The molecular weight excluding hydrogens is 156 g/mol. The monoisotopic (exact) mass is 166 g/mol. The van der Waals surface area contributed by atoms with E-state index in [4.69, 9.17) is 5.11 Å². The van der Waals surface area contributed by atoms with Gasteiger partial charge in [-0.2, -0.15) is 0 Å². The molecule has 58 valence electrons. The third-order valence-corrected chi connectivity index (χ3v) is 1.73. The maximum Gasteiger partial charge on any atom is 0.327 e. The van der Waals surface area contributed by atoms with Gasteiger partial charge in [0.25, 0.3) is 0 Å². The van der Waals surface area contributed by atoms with Crippen molar-refractivity contribution in [3.8, 4) is 0 Å². The van der Waals surface area contributed by atoms with Crippen molar-refractivity contribution in [1.29, 1.82) is 0 Å². The quantitative estimate of drug-likeness (QED) is 0.499. The minimum Gasteiger partial charge on any atom is -0.478 e. The molecule has 0 aromatic carbocycles. The molecule has 0 aliphatic heterocycles. The van der Waals surface area contributed by atoms with Gasteiger partial charge in [0, 0.05) is 15.2 Å². The van der Waals surface area contributed by atoms with Crippen LogP contribution in [0.25, 0.3) is 0 Å². The van der Waals surface area contributed by atoms with Crippen molar-refractivity contribution < 1.29 is 9.90 Å². The van der Waals surface area contributed by atoms with E-state index in [1.54, 1.807) is 0 Å². The summed E-state index contributed by atoms with van der Waals surface area (Å²) in [4.78, 5) is 9.25. The van der Waals surface area contributed by atoms with Crippen LogP contribution in [-0.4, -0.2) is 20.2 Å². The van der Waals surface area contributed by atoms with Crippen LogP contribution >= 0.6 is 0 Å². The molecule has 0 saturated heterocycles. The number of rotatable bonds is 1. The summed E-state index contributed by atoms with van der Waals surface area (Å²) in [5.74, 6) is -0.981. The molecule has 1 heterocycles. The lowest BCUT2D eigenvalue weighted by atomic mass is 10.6. The first-order valence-corrected chi connectivity index (χ1v) is 4.46. The Bertz CT molecular complexity index is 182. The topological polar surface area (TPSA) is 37.3 Å². The van der Waals surface area contributed by atoms with Crippen LogP contribution in [0.3, 0.4) is 0 Å². The van der Waals surface area contributed by atoms with Crippen LogP contribution < -0.4 is 0 Å². The third kappa shape index (κ3) is 8.78. The second-order valence-corrected chi connectivity index (χ2v) is 2.85. The normalized spacial score (nSPS) is 7.27. The smallest absolute Gasteiger partial charge is 0.327 e. The predicted molar refractivity (Wildman–Crippen MR) is 47.0 cm³/mol. The first-order chi connectivity index (χ1) is 5.27. The highest BCUT2D eigenvalue weighted by Crippen LogP contribution is 1.73. The Morgan fingerprint density at radius 2 is 1.82 bits per heavy atom. The van der Waals surface area contributed by atoms with Crippen molar-refractivity contribution in [2.45, 2.75) is 0 Å². The third-order valence-electron chi connectivity index (χ3n) is 0.841. The van der Waals surface area contributed by atoms with Gasteiger partial charge in [-0.1, -0.05) is 36.1 Å². The van der Waals surface area contributed by atoms with E-state index in [9.17, 15) is 4.79 Å². The van der Waals surface area contributed by atoms with E-state index < -0.39 is 5.97 Å². The molecule has 0 spiro atoms. The number of carbonyl (C=O) groups is 1. The second-order valence-electron chi connectivity index (χ2n) is 1.70. The molecule has 0 amide bonds. The molecule has 1 aromatic heterocycles. The van der Waals surface area contributed by atoms with Gasteiger partial charge in [-0.15, -0.1) is 0 Å². The lowest BCUT2D eigenvalue weighted by Crippen LogP contribution is -1.82. The van der Waals surface area contributed by atoms with Crippen molar-refractivity contribution in [1.82, 2.24) is 0 Å². The SMILES string of the molecule is C=CC(=O)O.c1cc[siH]cc1. The van der Waals surface area contributed by atoms with Gasteiger partial charge in [0.05, 0.1) is 0 Å². The summed E-state index contributed by atoms with van der Waals surface area (Å²) in [6.07, 6.45) is 0.833. The fourth-order valence-electron chi connectivity index (χ4n) is 0.385. The minimum absolute atomic E-state index is 0.513. The van der Waals surface area contributed by atoms with E-state index in [2.05, 4.69) is 36.1 Å². The zero-order valence-electron chi connectivity index (χ0n) is 6.10. The Balaban J connectivity index is 0.000000187. The fraction of sp³-hybridized carbons (Fsp3) is 0. The zero-order valence-corrected chi connectivity index (χ0v) is 7.26. The molecule has 2 nitrogen and oxygen atoms in total. The van der Waals surface area contributed by atoms with Gasteiger partial charge in [0.15, 0.2) is 0 Å². The standard InChI is InChI=1S/C5H6Si.C3H4O2/c1-2-4-6-5-3-1;1-2-3(4)5/h1-6H;2H,1H2,(H,4,5). The van der Waals surface area contributed by atoms with E-state index in [0.29, 0.717) is 9.12 Å². The van der Waals surface area contributed by atoms with E-state index in [0.717, 1.165) is 6.08 Å². The highest BCUT2D eigenvalue weighted by atomic mass is 28.2. The highest BCUT2D eigenvalue weighted by molar-refractivity contribution is 6.26. The van der Waals surface area contributed by atoms with Crippen LogP contribution in [0.15, 0.2) is 42.2 Å². The Morgan fingerprint density at radius 1 is 1.36 bits per heavy atom. The lowest BCUT2D eigenvalue weighted by molar-refractivity contribution is -0.131. The fourth-order valence-corrected chi connectivity index (χ4v) is 1.03. The highest BCUT2D eigenvalue weighted by Gasteiger charge is 1.73. The average Bonchev–Trinajstić information content (AvgIpc) is 2.09. The molecule has 0 bridgehead atoms.